The van der Waals surface area contributed by atoms with Crippen LogP contribution in [0.25, 0.3) is 43.1 Å². The highest BCUT2D eigenvalue weighted by Crippen LogP contribution is 2.58. The maximum atomic E-state index is 16.5. The Hall–Kier alpha value is -11.2. The quantitative estimate of drug-likeness (QED) is 0.0184. The molecule has 11 aromatic rings. The van der Waals surface area contributed by atoms with E-state index >= 15 is 28.8 Å². The molecular weight excluding hydrogens is 1340 g/mol. The highest BCUT2D eigenvalue weighted by Gasteiger charge is 2.47. The standard InChI is InChI=1S/C84H76N8O14/c1-47-9-17-53(18-10-47)103-67-33-61-71-62(82(96)91(81(61)95)65(31-51-7-5-25-85-37-51)79(93)87-27-29-89(39-57-43-99-57)40-58-44-100-58)35-69(105-55-21-13-49(3)14-22-55)75-76-70(106-56-23-15-50(4)16-24-56)36-64-72-63(34-68(74(78(72)76)73(67)77(71)75)104-54-19-11-48(2)12-20-54)83(97)92(84(64)98)66(32-52-8-6-26-86-38-52)80(94)88-28-30-90(41-59-45-101-59)42-60-46-102-60/h5-26,33-38,57-60,65-66H,27-32,39-46H2,1-4H3,(H,87,93)(H,88,94). The van der Waals surface area contributed by atoms with Crippen LogP contribution in [-0.2, 0) is 41.4 Å². The fraction of sp³-hybridized carbons (Fsp3) is 0.286. The molecule has 4 saturated heterocycles. The van der Waals surface area contributed by atoms with Crippen LogP contribution in [0.2, 0.25) is 0 Å². The van der Waals surface area contributed by atoms with Crippen molar-refractivity contribution in [3.05, 3.63) is 226 Å². The Morgan fingerprint density at radius 3 is 0.934 bits per heavy atom. The molecule has 0 radical (unpaired) electrons. The van der Waals surface area contributed by atoms with Crippen LogP contribution in [0.4, 0.5) is 0 Å². The SMILES string of the molecule is Cc1ccc(Oc2cc3c4c(cc(Oc5ccc(C)cc5)c5c6c(Oc7ccc(C)cc7)cc7c8c(cc(Oc9ccc(C)cc9)c(c2c45)c86)C(=O)N(C(Cc2cccnc2)C(=O)NCCN(CC2CO2)CC2CO2)C7=O)C(=O)N(C(Cc2cccnc2)C(=O)NCCN(CC2CO2)CC2CO2)C3=O)cc1. The molecule has 2 aromatic heterocycles. The predicted molar refractivity (Wildman–Crippen MR) is 395 cm³/mol. The number of benzene rings is 9. The van der Waals surface area contributed by atoms with E-state index in [1.165, 1.54) is 0 Å². The lowest BCUT2D eigenvalue weighted by Crippen LogP contribution is -2.55. The maximum Gasteiger partial charge on any atom is 0.262 e. The summed E-state index contributed by atoms with van der Waals surface area (Å²) in [4.78, 5) is 112. The van der Waals surface area contributed by atoms with Crippen LogP contribution in [0.1, 0.15) is 74.8 Å². The topological polar surface area (TPSA) is 252 Å². The first-order chi connectivity index (χ1) is 51.6. The molecule has 6 aliphatic heterocycles. The van der Waals surface area contributed by atoms with Crippen molar-refractivity contribution in [2.45, 2.75) is 77.0 Å². The van der Waals surface area contributed by atoms with Crippen molar-refractivity contribution < 1.29 is 66.7 Å². The normalized spacial score (nSPS) is 18.3. The number of carbonyl (C=O) groups excluding carboxylic acids is 6. The minimum atomic E-state index is -1.43. The number of ether oxygens (including phenoxy) is 8. The van der Waals surface area contributed by atoms with Crippen molar-refractivity contribution in [1.82, 2.24) is 40.2 Å². The van der Waals surface area contributed by atoms with E-state index in [1.807, 2.05) is 76.2 Å². The van der Waals surface area contributed by atoms with E-state index in [-0.39, 0.29) is 106 Å². The summed E-state index contributed by atoms with van der Waals surface area (Å²) in [6.07, 6.45) is 6.56. The van der Waals surface area contributed by atoms with E-state index < -0.39 is 47.5 Å². The van der Waals surface area contributed by atoms with Gasteiger partial charge in [0.2, 0.25) is 11.8 Å². The van der Waals surface area contributed by atoms with Crippen molar-refractivity contribution in [2.75, 3.05) is 78.8 Å². The highest BCUT2D eigenvalue weighted by atomic mass is 16.6. The molecule has 2 N–H and O–H groups in total. The molecule has 22 nitrogen and oxygen atoms in total. The summed E-state index contributed by atoms with van der Waals surface area (Å²) in [5.41, 5.74) is 4.99. The van der Waals surface area contributed by atoms with Crippen LogP contribution in [-0.4, -0.2) is 180 Å². The molecule has 17 rings (SSSR count). The van der Waals surface area contributed by atoms with Gasteiger partial charge in [-0.1, -0.05) is 82.9 Å². The number of nitrogens with one attached hydrogen (secondary N) is 2. The van der Waals surface area contributed by atoms with Gasteiger partial charge in [0.05, 0.1) is 73.1 Å². The van der Waals surface area contributed by atoms with E-state index in [0.29, 0.717) is 132 Å². The summed E-state index contributed by atoms with van der Waals surface area (Å²) in [6, 6.07) is 40.2. The molecule has 22 heteroatoms. The summed E-state index contributed by atoms with van der Waals surface area (Å²) in [7, 11) is 0. The number of pyridine rings is 2. The Morgan fingerprint density at radius 1 is 0.415 bits per heavy atom. The fourth-order valence-corrected chi connectivity index (χ4v) is 14.7. The van der Waals surface area contributed by atoms with Crippen molar-refractivity contribution in [1.29, 1.82) is 0 Å². The third-order valence-electron chi connectivity index (χ3n) is 20.4. The molecule has 6 atom stereocenters. The second-order valence-corrected chi connectivity index (χ2v) is 28.4. The van der Waals surface area contributed by atoms with Crippen LogP contribution in [0.15, 0.2) is 170 Å². The molecule has 0 spiro atoms. The van der Waals surface area contributed by atoms with E-state index in [9.17, 15) is 0 Å². The number of hydrogen-bond acceptors (Lipinski definition) is 18. The molecular formula is C84H76N8O14. The van der Waals surface area contributed by atoms with Gasteiger partial charge in [-0.2, -0.15) is 0 Å². The first kappa shape index (κ1) is 67.9. The van der Waals surface area contributed by atoms with Gasteiger partial charge in [-0.3, -0.25) is 58.3 Å². The first-order valence-corrected chi connectivity index (χ1v) is 36.0. The van der Waals surface area contributed by atoms with Gasteiger partial charge >= 0.3 is 0 Å². The predicted octanol–water partition coefficient (Wildman–Crippen LogP) is 11.8. The number of amides is 6. The van der Waals surface area contributed by atoms with E-state index in [2.05, 4.69) is 30.4 Å². The smallest absolute Gasteiger partial charge is 0.262 e. The number of fused-ring (bicyclic) bond motifs is 2. The van der Waals surface area contributed by atoms with Gasteiger partial charge < -0.3 is 48.5 Å². The molecule has 0 bridgehead atoms. The summed E-state index contributed by atoms with van der Waals surface area (Å²) in [6.45, 7) is 14.3. The van der Waals surface area contributed by atoms with Crippen LogP contribution in [0.3, 0.4) is 0 Å². The summed E-state index contributed by atoms with van der Waals surface area (Å²) < 4.78 is 51.4. The Balaban J connectivity index is 0.911. The molecule has 4 fully saturated rings. The molecule has 6 unspecified atom stereocenters. The minimum Gasteiger partial charge on any atom is -0.457 e. The Labute approximate surface area is 610 Å². The van der Waals surface area contributed by atoms with E-state index in [4.69, 9.17) is 37.9 Å². The number of aromatic nitrogens is 2. The van der Waals surface area contributed by atoms with Crippen molar-refractivity contribution >= 4 is 78.5 Å². The molecule has 6 amide bonds. The van der Waals surface area contributed by atoms with Gasteiger partial charge in [0.1, 0.15) is 58.1 Å². The lowest BCUT2D eigenvalue weighted by molar-refractivity contribution is -0.125. The van der Waals surface area contributed by atoms with Crippen LogP contribution in [0.5, 0.6) is 46.0 Å². The molecule has 8 heterocycles. The summed E-state index contributed by atoms with van der Waals surface area (Å²) in [5.74, 6) is -2.48. The lowest BCUT2D eigenvalue weighted by atomic mass is 9.80. The van der Waals surface area contributed by atoms with E-state index in [0.717, 1.165) is 32.1 Å². The second kappa shape index (κ2) is 28.3. The largest absolute Gasteiger partial charge is 0.457 e. The minimum absolute atomic E-state index is 0.0131. The molecule has 9 aromatic carbocycles. The third kappa shape index (κ3) is 13.9. The number of nitrogens with zero attached hydrogens (tertiary/aromatic N) is 6. The maximum absolute atomic E-state index is 16.5. The third-order valence-corrected chi connectivity index (χ3v) is 20.4. The van der Waals surface area contributed by atoms with Crippen LogP contribution in [0, 0.1) is 27.7 Å². The molecule has 106 heavy (non-hydrogen) atoms. The summed E-state index contributed by atoms with van der Waals surface area (Å²) >= 11 is 0. The van der Waals surface area contributed by atoms with Gasteiger partial charge in [-0.05, 0) is 124 Å². The average Bonchev–Trinajstić information content (AvgIpc) is 0.805. The van der Waals surface area contributed by atoms with E-state index in [1.54, 1.807) is 122 Å². The number of epoxide rings is 4. The Morgan fingerprint density at radius 2 is 0.689 bits per heavy atom. The number of aryl methyl sites for hydroxylation is 4. The molecule has 536 valence electrons. The zero-order valence-electron chi connectivity index (χ0n) is 58.9. The van der Waals surface area contributed by atoms with Gasteiger partial charge in [0.25, 0.3) is 23.6 Å². The average molecular weight is 1420 g/mol. The van der Waals surface area contributed by atoms with Crippen molar-refractivity contribution in [3.8, 4) is 46.0 Å². The zero-order valence-corrected chi connectivity index (χ0v) is 58.9. The fourth-order valence-electron chi connectivity index (χ4n) is 14.7. The number of carbonyl (C=O) groups is 6. The van der Waals surface area contributed by atoms with Gasteiger partial charge in [0, 0.05) is 133 Å². The molecule has 0 aliphatic carbocycles. The lowest BCUT2D eigenvalue weighted by Gasteiger charge is -2.36. The summed E-state index contributed by atoms with van der Waals surface area (Å²) in [5, 5.41) is 8.39. The second-order valence-electron chi connectivity index (χ2n) is 28.4. The molecule has 0 saturated carbocycles. The number of rotatable bonds is 30. The Kier molecular flexibility index (Phi) is 18.1. The number of hydrogen-bond donors (Lipinski definition) is 2. The highest BCUT2D eigenvalue weighted by molar-refractivity contribution is 6.45. The monoisotopic (exact) mass is 1420 g/mol. The van der Waals surface area contributed by atoms with Crippen LogP contribution >= 0.6 is 0 Å². The molecule has 6 aliphatic rings. The van der Waals surface area contributed by atoms with Gasteiger partial charge in [-0.25, -0.2) is 0 Å². The van der Waals surface area contributed by atoms with Crippen molar-refractivity contribution in [3.63, 3.8) is 0 Å². The van der Waals surface area contributed by atoms with Crippen LogP contribution < -0.4 is 29.6 Å². The van der Waals surface area contributed by atoms with Gasteiger partial charge in [-0.15, -0.1) is 0 Å². The van der Waals surface area contributed by atoms with Crippen molar-refractivity contribution in [2.24, 2.45) is 0 Å². The van der Waals surface area contributed by atoms with Gasteiger partial charge in [0.15, 0.2) is 0 Å². The number of imide groups is 2. The first-order valence-electron chi connectivity index (χ1n) is 36.0. The zero-order chi connectivity index (χ0) is 72.4. The Bertz CT molecular complexity index is 4690.